The molecule has 0 amide bonds. The molecule has 5 heteroatoms. The van der Waals surface area contributed by atoms with Crippen molar-refractivity contribution in [1.29, 1.82) is 0 Å². The summed E-state index contributed by atoms with van der Waals surface area (Å²) in [5.41, 5.74) is 5.30. The fraction of sp³-hybridized carbons (Fsp3) is 1.00. The van der Waals surface area contributed by atoms with Crippen molar-refractivity contribution in [1.82, 2.24) is 0 Å². The molecule has 9 heavy (non-hydrogen) atoms. The molecular formula is C4H10NO3P. The van der Waals surface area contributed by atoms with Gasteiger partial charge in [-0.2, -0.15) is 0 Å². The van der Waals surface area contributed by atoms with E-state index in [4.69, 9.17) is 15.5 Å². The van der Waals surface area contributed by atoms with Crippen LogP contribution in [0.3, 0.4) is 0 Å². The van der Waals surface area contributed by atoms with Gasteiger partial charge in [-0.05, 0) is 12.3 Å². The lowest BCUT2D eigenvalue weighted by molar-refractivity contribution is 0.351. The van der Waals surface area contributed by atoms with Crippen LogP contribution in [0.4, 0.5) is 0 Å². The highest BCUT2D eigenvalue weighted by molar-refractivity contribution is 7.54. The molecule has 1 fully saturated rings. The number of hydrogen-bond donors (Lipinski definition) is 3. The second-order valence-corrected chi connectivity index (χ2v) is 4.56. The van der Waals surface area contributed by atoms with Gasteiger partial charge in [-0.25, -0.2) is 0 Å². The van der Waals surface area contributed by atoms with Crippen LogP contribution in [0.15, 0.2) is 0 Å². The highest BCUT2D eigenvalue weighted by Gasteiger charge is 2.60. The molecule has 2 atom stereocenters. The standard InChI is InChI=1S/C4H10NO3P/c1-3-2-4(3,5)9(6,7)8/h3H,2,5H2,1H3,(H2,6,7,8). The fourth-order valence-corrected chi connectivity index (χ4v) is 1.92. The van der Waals surface area contributed by atoms with Crippen molar-refractivity contribution in [2.45, 2.75) is 18.6 Å². The second-order valence-electron chi connectivity index (χ2n) is 2.64. The van der Waals surface area contributed by atoms with Gasteiger partial charge in [0, 0.05) is 0 Å². The maximum atomic E-state index is 10.5. The summed E-state index contributed by atoms with van der Waals surface area (Å²) in [7, 11) is -4.02. The van der Waals surface area contributed by atoms with Gasteiger partial charge in [-0.15, -0.1) is 0 Å². The van der Waals surface area contributed by atoms with Crippen LogP contribution in [0.25, 0.3) is 0 Å². The molecule has 2 unspecified atom stereocenters. The molecule has 4 nitrogen and oxygen atoms in total. The molecule has 0 radical (unpaired) electrons. The van der Waals surface area contributed by atoms with Gasteiger partial charge in [0.05, 0.1) is 0 Å². The molecule has 0 aromatic carbocycles. The van der Waals surface area contributed by atoms with Gasteiger partial charge >= 0.3 is 7.60 Å². The third-order valence-corrected chi connectivity index (χ3v) is 3.58. The van der Waals surface area contributed by atoms with Crippen molar-refractivity contribution in [2.24, 2.45) is 11.7 Å². The number of nitrogens with two attached hydrogens (primary N) is 1. The van der Waals surface area contributed by atoms with E-state index in [1.807, 2.05) is 0 Å². The van der Waals surface area contributed by atoms with Crippen molar-refractivity contribution in [3.63, 3.8) is 0 Å². The van der Waals surface area contributed by atoms with E-state index in [0.29, 0.717) is 6.42 Å². The summed E-state index contributed by atoms with van der Waals surface area (Å²) in [5.74, 6) is -0.0293. The van der Waals surface area contributed by atoms with Crippen molar-refractivity contribution >= 4 is 7.60 Å². The van der Waals surface area contributed by atoms with Gasteiger partial charge in [0.2, 0.25) is 0 Å². The van der Waals surface area contributed by atoms with Gasteiger partial charge in [-0.1, -0.05) is 6.92 Å². The van der Waals surface area contributed by atoms with Gasteiger partial charge in [-0.3, -0.25) is 4.57 Å². The van der Waals surface area contributed by atoms with E-state index in [9.17, 15) is 4.57 Å². The SMILES string of the molecule is CC1CC1(N)P(=O)(O)O. The topological polar surface area (TPSA) is 83.6 Å². The van der Waals surface area contributed by atoms with E-state index in [1.54, 1.807) is 6.92 Å². The smallest absolute Gasteiger partial charge is 0.323 e. The first-order valence-corrected chi connectivity index (χ1v) is 4.34. The van der Waals surface area contributed by atoms with Crippen LogP contribution in [-0.2, 0) is 4.57 Å². The predicted molar refractivity (Wildman–Crippen MR) is 32.7 cm³/mol. The van der Waals surface area contributed by atoms with Crippen molar-refractivity contribution in [2.75, 3.05) is 0 Å². The summed E-state index contributed by atoms with van der Waals surface area (Å²) in [5, 5.41) is -1.19. The minimum atomic E-state index is -4.02. The first kappa shape index (κ1) is 7.22. The predicted octanol–water partition coefficient (Wildman–Crippen LogP) is -0.141. The summed E-state index contributed by atoms with van der Waals surface area (Å²) in [6.45, 7) is 1.74. The maximum absolute atomic E-state index is 10.5. The van der Waals surface area contributed by atoms with Gasteiger partial charge in [0.15, 0.2) is 0 Å². The van der Waals surface area contributed by atoms with E-state index < -0.39 is 12.9 Å². The summed E-state index contributed by atoms with van der Waals surface area (Å²) in [6.07, 6.45) is 0.442. The fourth-order valence-electron chi connectivity index (χ4n) is 0.838. The Morgan fingerprint density at radius 3 is 2.11 bits per heavy atom. The number of hydrogen-bond acceptors (Lipinski definition) is 2. The largest absolute Gasteiger partial charge is 0.345 e. The van der Waals surface area contributed by atoms with Gasteiger partial charge < -0.3 is 15.5 Å². The van der Waals surface area contributed by atoms with Crippen molar-refractivity contribution < 1.29 is 14.4 Å². The average molecular weight is 151 g/mol. The Morgan fingerprint density at radius 1 is 1.78 bits per heavy atom. The minimum Gasteiger partial charge on any atom is -0.323 e. The maximum Gasteiger partial charge on any atom is 0.345 e. The van der Waals surface area contributed by atoms with E-state index in [0.717, 1.165) is 0 Å². The molecule has 54 valence electrons. The molecule has 1 rings (SSSR count). The Labute approximate surface area is 53.2 Å². The quantitative estimate of drug-likeness (QED) is 0.455. The highest BCUT2D eigenvalue weighted by Crippen LogP contribution is 2.64. The van der Waals surface area contributed by atoms with Crippen LogP contribution in [0, 0.1) is 5.92 Å². The Hall–Kier alpha value is 0.110. The monoisotopic (exact) mass is 151 g/mol. The Morgan fingerprint density at radius 2 is 2.11 bits per heavy atom. The molecule has 0 spiro atoms. The van der Waals surface area contributed by atoms with E-state index in [-0.39, 0.29) is 5.92 Å². The molecule has 0 aromatic rings. The molecule has 4 N–H and O–H groups in total. The zero-order valence-electron chi connectivity index (χ0n) is 5.11. The van der Waals surface area contributed by atoms with Crippen LogP contribution in [0.5, 0.6) is 0 Å². The van der Waals surface area contributed by atoms with Crippen LogP contribution in [-0.4, -0.2) is 15.1 Å². The summed E-state index contributed by atoms with van der Waals surface area (Å²) in [6, 6.07) is 0. The van der Waals surface area contributed by atoms with Crippen LogP contribution in [0.1, 0.15) is 13.3 Å². The van der Waals surface area contributed by atoms with Crippen molar-refractivity contribution in [3.05, 3.63) is 0 Å². The first-order valence-electron chi connectivity index (χ1n) is 2.72. The summed E-state index contributed by atoms with van der Waals surface area (Å²) in [4.78, 5) is 17.1. The third-order valence-electron chi connectivity index (χ3n) is 1.87. The van der Waals surface area contributed by atoms with E-state index in [1.165, 1.54) is 0 Å². The van der Waals surface area contributed by atoms with E-state index >= 15 is 0 Å². The molecule has 1 aliphatic carbocycles. The molecule has 0 bridgehead atoms. The third kappa shape index (κ3) is 0.923. The Bertz CT molecular complexity index is 177. The molecule has 0 saturated heterocycles. The average Bonchev–Trinajstić information content (AvgIpc) is 2.13. The molecular weight excluding hydrogens is 141 g/mol. The zero-order valence-corrected chi connectivity index (χ0v) is 6.01. The lowest BCUT2D eigenvalue weighted by Crippen LogP contribution is -2.23. The van der Waals surface area contributed by atoms with Gasteiger partial charge in [0.1, 0.15) is 5.28 Å². The minimum absolute atomic E-state index is 0.0293. The summed E-state index contributed by atoms with van der Waals surface area (Å²) >= 11 is 0. The molecule has 1 saturated carbocycles. The Kier molecular flexibility index (Phi) is 1.27. The number of rotatable bonds is 1. The molecule has 0 aromatic heterocycles. The molecule has 1 aliphatic rings. The normalized spacial score (nSPS) is 42.9. The van der Waals surface area contributed by atoms with Crippen molar-refractivity contribution in [3.8, 4) is 0 Å². The lowest BCUT2D eigenvalue weighted by Gasteiger charge is -2.10. The van der Waals surface area contributed by atoms with Crippen LogP contribution < -0.4 is 5.73 Å². The Balaban J connectivity index is 2.76. The van der Waals surface area contributed by atoms with Crippen LogP contribution >= 0.6 is 7.60 Å². The van der Waals surface area contributed by atoms with Crippen LogP contribution in [0.2, 0.25) is 0 Å². The second kappa shape index (κ2) is 1.58. The zero-order chi connectivity index (χ0) is 7.28. The summed E-state index contributed by atoms with van der Waals surface area (Å²) < 4.78 is 10.5. The molecule has 0 aliphatic heterocycles. The van der Waals surface area contributed by atoms with Gasteiger partial charge in [0.25, 0.3) is 0 Å². The van der Waals surface area contributed by atoms with E-state index in [2.05, 4.69) is 0 Å². The lowest BCUT2D eigenvalue weighted by atomic mass is 10.5. The first-order chi connectivity index (χ1) is 3.88. The molecule has 0 heterocycles. The highest BCUT2D eigenvalue weighted by atomic mass is 31.2.